The van der Waals surface area contributed by atoms with E-state index in [2.05, 4.69) is 20.1 Å². The fraction of sp³-hybridized carbons (Fsp3) is 0.562. The number of methoxy groups -OCH3 is 1. The molecule has 7 nitrogen and oxygen atoms in total. The van der Waals surface area contributed by atoms with Crippen molar-refractivity contribution >= 4 is 5.82 Å². The summed E-state index contributed by atoms with van der Waals surface area (Å²) in [5.74, 6) is 3.66. The highest BCUT2D eigenvalue weighted by molar-refractivity contribution is 5.53. The molecule has 0 radical (unpaired) electrons. The molecule has 1 aliphatic heterocycles. The molecule has 1 saturated heterocycles. The molecular weight excluding hydrogens is 294 g/mol. The normalized spacial score (nSPS) is 15.9. The first-order valence-electron chi connectivity index (χ1n) is 7.89. The molecule has 7 heteroatoms. The van der Waals surface area contributed by atoms with Crippen molar-refractivity contribution in [1.29, 1.82) is 0 Å². The summed E-state index contributed by atoms with van der Waals surface area (Å²) < 4.78 is 7.35. The standard InChI is InChI=1S/C16H23N5O2/c1-11-4-5-13(23-3)16(17-11)21-8-6-12(7-9-21)15-19-18-14(10-22)20(15)2/h4-5,12,22H,6-10H2,1-3H3. The zero-order valence-electron chi connectivity index (χ0n) is 13.9. The number of ether oxygens (including phenoxy) is 1. The maximum Gasteiger partial charge on any atom is 0.171 e. The second kappa shape index (κ2) is 6.54. The number of aromatic nitrogens is 4. The van der Waals surface area contributed by atoms with E-state index in [-0.39, 0.29) is 6.61 Å². The number of rotatable bonds is 4. The largest absolute Gasteiger partial charge is 0.493 e. The molecule has 0 aliphatic carbocycles. The van der Waals surface area contributed by atoms with Gasteiger partial charge in [0.05, 0.1) is 7.11 Å². The van der Waals surface area contributed by atoms with Gasteiger partial charge in [-0.15, -0.1) is 10.2 Å². The summed E-state index contributed by atoms with van der Waals surface area (Å²) in [4.78, 5) is 6.90. The Hall–Kier alpha value is -2.15. The third kappa shape index (κ3) is 3.01. The van der Waals surface area contributed by atoms with E-state index in [1.54, 1.807) is 7.11 Å². The first-order chi connectivity index (χ1) is 11.1. The van der Waals surface area contributed by atoms with E-state index in [4.69, 9.17) is 4.74 Å². The number of nitrogens with zero attached hydrogens (tertiary/aromatic N) is 5. The fourth-order valence-electron chi connectivity index (χ4n) is 3.13. The van der Waals surface area contributed by atoms with E-state index in [0.29, 0.717) is 11.7 Å². The molecule has 0 bridgehead atoms. The summed E-state index contributed by atoms with van der Waals surface area (Å²) in [6, 6.07) is 3.94. The number of pyridine rings is 1. The molecule has 2 aromatic heterocycles. The minimum Gasteiger partial charge on any atom is -0.493 e. The number of aliphatic hydroxyl groups is 1. The minimum atomic E-state index is -0.0766. The Labute approximate surface area is 135 Å². The van der Waals surface area contributed by atoms with Crippen molar-refractivity contribution in [3.05, 3.63) is 29.5 Å². The second-order valence-electron chi connectivity index (χ2n) is 5.93. The Morgan fingerprint density at radius 1 is 1.26 bits per heavy atom. The summed E-state index contributed by atoms with van der Waals surface area (Å²) >= 11 is 0. The lowest BCUT2D eigenvalue weighted by Crippen LogP contribution is -2.34. The zero-order chi connectivity index (χ0) is 16.4. The quantitative estimate of drug-likeness (QED) is 0.919. The molecule has 23 heavy (non-hydrogen) atoms. The first kappa shape index (κ1) is 15.7. The van der Waals surface area contributed by atoms with Crippen molar-refractivity contribution in [2.24, 2.45) is 7.05 Å². The van der Waals surface area contributed by atoms with Crippen molar-refractivity contribution in [3.63, 3.8) is 0 Å². The third-order valence-corrected chi connectivity index (χ3v) is 4.50. The summed E-state index contributed by atoms with van der Waals surface area (Å²) in [6.07, 6.45) is 1.96. The zero-order valence-corrected chi connectivity index (χ0v) is 13.9. The lowest BCUT2D eigenvalue weighted by molar-refractivity contribution is 0.266. The van der Waals surface area contributed by atoms with Crippen LogP contribution in [0.15, 0.2) is 12.1 Å². The van der Waals surface area contributed by atoms with Gasteiger partial charge in [0.15, 0.2) is 17.4 Å². The van der Waals surface area contributed by atoms with Gasteiger partial charge in [-0.3, -0.25) is 0 Å². The van der Waals surface area contributed by atoms with Gasteiger partial charge < -0.3 is 19.3 Å². The number of aryl methyl sites for hydroxylation is 1. The molecule has 3 rings (SSSR count). The van der Waals surface area contributed by atoms with Crippen LogP contribution in [0.1, 0.15) is 36.1 Å². The monoisotopic (exact) mass is 317 g/mol. The molecule has 0 unspecified atom stereocenters. The van der Waals surface area contributed by atoms with Crippen molar-refractivity contribution in [3.8, 4) is 5.75 Å². The van der Waals surface area contributed by atoms with Crippen molar-refractivity contribution in [2.45, 2.75) is 32.3 Å². The molecule has 0 atom stereocenters. The average Bonchev–Trinajstić information content (AvgIpc) is 2.95. The SMILES string of the molecule is COc1ccc(C)nc1N1CCC(c2nnc(CO)n2C)CC1. The third-order valence-electron chi connectivity index (χ3n) is 4.50. The Balaban J connectivity index is 1.73. The minimum absolute atomic E-state index is 0.0766. The first-order valence-corrected chi connectivity index (χ1v) is 7.89. The number of hydrogen-bond acceptors (Lipinski definition) is 6. The maximum atomic E-state index is 9.25. The molecule has 1 fully saturated rings. The van der Waals surface area contributed by atoms with Gasteiger partial charge in [-0.1, -0.05) is 0 Å². The molecule has 0 saturated carbocycles. The molecule has 0 aromatic carbocycles. The van der Waals surface area contributed by atoms with Crippen LogP contribution in [0.4, 0.5) is 5.82 Å². The van der Waals surface area contributed by atoms with Crippen LogP contribution in [-0.2, 0) is 13.7 Å². The highest BCUT2D eigenvalue weighted by Gasteiger charge is 2.27. The van der Waals surface area contributed by atoms with Crippen LogP contribution in [0, 0.1) is 6.92 Å². The number of anilines is 1. The summed E-state index contributed by atoms with van der Waals surface area (Å²) in [7, 11) is 3.59. The lowest BCUT2D eigenvalue weighted by Gasteiger charge is -2.33. The number of hydrogen-bond donors (Lipinski definition) is 1. The average molecular weight is 317 g/mol. The Morgan fingerprint density at radius 2 is 2.00 bits per heavy atom. The number of aliphatic hydroxyl groups excluding tert-OH is 1. The van der Waals surface area contributed by atoms with E-state index in [9.17, 15) is 5.11 Å². The van der Waals surface area contributed by atoms with Gasteiger partial charge in [-0.25, -0.2) is 4.98 Å². The second-order valence-corrected chi connectivity index (χ2v) is 5.93. The van der Waals surface area contributed by atoms with Crippen LogP contribution in [0.25, 0.3) is 0 Å². The van der Waals surface area contributed by atoms with Crippen molar-refractivity contribution < 1.29 is 9.84 Å². The molecule has 0 amide bonds. The van der Waals surface area contributed by atoms with E-state index < -0.39 is 0 Å². The Morgan fingerprint density at radius 3 is 2.61 bits per heavy atom. The highest BCUT2D eigenvalue weighted by Crippen LogP contribution is 2.33. The van der Waals surface area contributed by atoms with Gasteiger partial charge in [0.1, 0.15) is 12.4 Å². The van der Waals surface area contributed by atoms with E-state index in [1.807, 2.05) is 30.7 Å². The molecular formula is C16H23N5O2. The van der Waals surface area contributed by atoms with Crippen LogP contribution in [-0.4, -0.2) is 45.1 Å². The van der Waals surface area contributed by atoms with Crippen LogP contribution >= 0.6 is 0 Å². The topological polar surface area (TPSA) is 76.3 Å². The summed E-state index contributed by atoms with van der Waals surface area (Å²) in [5.41, 5.74) is 0.990. The van der Waals surface area contributed by atoms with Crippen molar-refractivity contribution in [1.82, 2.24) is 19.7 Å². The van der Waals surface area contributed by atoms with Gasteiger partial charge in [0, 0.05) is 31.7 Å². The van der Waals surface area contributed by atoms with Gasteiger partial charge in [0.25, 0.3) is 0 Å². The maximum absolute atomic E-state index is 9.25. The number of piperidine rings is 1. The predicted molar refractivity (Wildman–Crippen MR) is 86.6 cm³/mol. The Bertz CT molecular complexity index is 677. The van der Waals surface area contributed by atoms with E-state index in [1.165, 1.54) is 0 Å². The molecule has 124 valence electrons. The van der Waals surface area contributed by atoms with Crippen LogP contribution in [0.2, 0.25) is 0 Å². The van der Waals surface area contributed by atoms with Gasteiger partial charge >= 0.3 is 0 Å². The van der Waals surface area contributed by atoms with E-state index in [0.717, 1.165) is 49.0 Å². The fourth-order valence-corrected chi connectivity index (χ4v) is 3.13. The van der Waals surface area contributed by atoms with Crippen LogP contribution in [0.3, 0.4) is 0 Å². The molecule has 3 heterocycles. The van der Waals surface area contributed by atoms with Crippen LogP contribution < -0.4 is 9.64 Å². The van der Waals surface area contributed by atoms with Crippen LogP contribution in [0.5, 0.6) is 5.75 Å². The predicted octanol–water partition coefficient (Wildman–Crippen LogP) is 1.40. The summed E-state index contributed by atoms with van der Waals surface area (Å²) in [6.45, 7) is 3.72. The molecule has 2 aromatic rings. The molecule has 0 spiro atoms. The smallest absolute Gasteiger partial charge is 0.171 e. The van der Waals surface area contributed by atoms with Gasteiger partial charge in [-0.2, -0.15) is 0 Å². The van der Waals surface area contributed by atoms with Gasteiger partial charge in [-0.05, 0) is 31.9 Å². The lowest BCUT2D eigenvalue weighted by atomic mass is 9.96. The Kier molecular flexibility index (Phi) is 4.47. The van der Waals surface area contributed by atoms with Crippen molar-refractivity contribution in [2.75, 3.05) is 25.1 Å². The van der Waals surface area contributed by atoms with Gasteiger partial charge in [0.2, 0.25) is 0 Å². The molecule has 1 aliphatic rings. The molecule has 1 N–H and O–H groups in total. The van der Waals surface area contributed by atoms with E-state index >= 15 is 0 Å². The summed E-state index contributed by atoms with van der Waals surface area (Å²) in [5, 5.41) is 17.5. The highest BCUT2D eigenvalue weighted by atomic mass is 16.5.